The number of alkyl halides is 1. The summed E-state index contributed by atoms with van der Waals surface area (Å²) < 4.78 is 1.20. The molecule has 2 rings (SSSR count). The highest BCUT2D eigenvalue weighted by atomic mass is 79.9. The first-order chi connectivity index (χ1) is 7.09. The topological polar surface area (TPSA) is 0 Å². The summed E-state index contributed by atoms with van der Waals surface area (Å²) in [6.07, 6.45) is 3.98. The van der Waals surface area contributed by atoms with Gasteiger partial charge in [0.1, 0.15) is 0 Å². The van der Waals surface area contributed by atoms with Gasteiger partial charge in [-0.2, -0.15) is 0 Å². The van der Waals surface area contributed by atoms with E-state index in [1.165, 1.54) is 33.5 Å². The Labute approximate surface area is 109 Å². The van der Waals surface area contributed by atoms with Crippen LogP contribution in [-0.2, 0) is 0 Å². The smallest absolute Gasteiger partial charge is 0.0720 e. The van der Waals surface area contributed by atoms with E-state index in [0.29, 0.717) is 5.92 Å². The molecule has 0 bridgehead atoms. The van der Waals surface area contributed by atoms with E-state index in [4.69, 9.17) is 11.6 Å². The Morgan fingerprint density at radius 1 is 1.53 bits per heavy atom. The monoisotopic (exact) mass is 306 g/mol. The molecule has 1 heterocycles. The summed E-state index contributed by atoms with van der Waals surface area (Å²) in [6, 6.07) is 2.18. The van der Waals surface area contributed by atoms with Crippen molar-refractivity contribution >= 4 is 38.9 Å². The zero-order valence-corrected chi connectivity index (χ0v) is 12.3. The third kappa shape index (κ3) is 2.42. The minimum Gasteiger partial charge on any atom is -0.143 e. The summed E-state index contributed by atoms with van der Waals surface area (Å²) in [6.45, 7) is 4.47. The molecule has 3 unspecified atom stereocenters. The van der Waals surface area contributed by atoms with Crippen molar-refractivity contribution in [1.29, 1.82) is 0 Å². The van der Waals surface area contributed by atoms with E-state index in [0.717, 1.165) is 5.92 Å². The average molecular weight is 308 g/mol. The summed E-state index contributed by atoms with van der Waals surface area (Å²) in [5.74, 6) is 1.45. The zero-order valence-electron chi connectivity index (χ0n) is 9.09. The van der Waals surface area contributed by atoms with Gasteiger partial charge in [0.15, 0.2) is 0 Å². The van der Waals surface area contributed by atoms with Gasteiger partial charge in [-0.25, -0.2) is 0 Å². The van der Waals surface area contributed by atoms with Gasteiger partial charge in [-0.1, -0.05) is 19.8 Å². The van der Waals surface area contributed by atoms with Crippen LogP contribution < -0.4 is 0 Å². The maximum atomic E-state index is 6.61. The minimum absolute atomic E-state index is 0.204. The predicted octanol–water partition coefficient (Wildman–Crippen LogP) is 5.54. The molecule has 1 aromatic heterocycles. The lowest BCUT2D eigenvalue weighted by molar-refractivity contribution is 0.408. The molecule has 1 aliphatic carbocycles. The number of thiophene rings is 1. The van der Waals surface area contributed by atoms with Gasteiger partial charge < -0.3 is 0 Å². The summed E-state index contributed by atoms with van der Waals surface area (Å²) in [5, 5.41) is 0.204. The molecule has 3 atom stereocenters. The Morgan fingerprint density at radius 2 is 2.27 bits per heavy atom. The molecule has 1 aromatic rings. The third-order valence-corrected chi connectivity index (χ3v) is 6.11. The van der Waals surface area contributed by atoms with Crippen LogP contribution >= 0.6 is 38.9 Å². The number of aryl methyl sites for hydroxylation is 1. The molecular weight excluding hydrogens is 292 g/mol. The average Bonchev–Trinajstić information content (AvgIpc) is 2.71. The molecular formula is C12H16BrClS. The van der Waals surface area contributed by atoms with E-state index in [-0.39, 0.29) is 5.38 Å². The highest BCUT2D eigenvalue weighted by molar-refractivity contribution is 9.10. The van der Waals surface area contributed by atoms with Gasteiger partial charge in [-0.3, -0.25) is 0 Å². The quantitative estimate of drug-likeness (QED) is 0.630. The van der Waals surface area contributed by atoms with E-state index in [1.807, 2.05) is 11.3 Å². The molecule has 0 spiro atoms. The van der Waals surface area contributed by atoms with Crippen LogP contribution in [0.3, 0.4) is 0 Å². The van der Waals surface area contributed by atoms with Crippen molar-refractivity contribution in [3.63, 3.8) is 0 Å². The molecule has 15 heavy (non-hydrogen) atoms. The Hall–Kier alpha value is 0.470. The zero-order chi connectivity index (χ0) is 11.0. The lowest BCUT2D eigenvalue weighted by Crippen LogP contribution is -2.10. The number of hydrogen-bond acceptors (Lipinski definition) is 1. The first-order valence-electron chi connectivity index (χ1n) is 5.49. The van der Waals surface area contributed by atoms with Crippen molar-refractivity contribution in [2.45, 2.75) is 38.5 Å². The SMILES string of the molecule is Cc1cc(Br)c(C(Cl)C2CCCC2C)s1. The lowest BCUT2D eigenvalue weighted by atomic mass is 9.93. The summed E-state index contributed by atoms with van der Waals surface area (Å²) in [7, 11) is 0. The molecule has 0 aliphatic heterocycles. The number of rotatable bonds is 2. The fourth-order valence-electron chi connectivity index (χ4n) is 2.49. The Kier molecular flexibility index (Phi) is 3.79. The van der Waals surface area contributed by atoms with E-state index in [9.17, 15) is 0 Å². The molecule has 1 aliphatic rings. The summed E-state index contributed by atoms with van der Waals surface area (Å²) in [5.41, 5.74) is 0. The van der Waals surface area contributed by atoms with Crippen LogP contribution in [0, 0.1) is 18.8 Å². The number of halogens is 2. The van der Waals surface area contributed by atoms with E-state index in [1.54, 1.807) is 0 Å². The minimum atomic E-state index is 0.204. The van der Waals surface area contributed by atoms with Gasteiger partial charge in [0.2, 0.25) is 0 Å². The van der Waals surface area contributed by atoms with Crippen molar-refractivity contribution in [3.8, 4) is 0 Å². The van der Waals surface area contributed by atoms with Crippen molar-refractivity contribution in [2.75, 3.05) is 0 Å². The maximum Gasteiger partial charge on any atom is 0.0720 e. The second kappa shape index (κ2) is 4.77. The first kappa shape index (κ1) is 11.9. The van der Waals surface area contributed by atoms with Crippen LogP contribution in [0.4, 0.5) is 0 Å². The van der Waals surface area contributed by atoms with Crippen LogP contribution in [-0.4, -0.2) is 0 Å². The first-order valence-corrected chi connectivity index (χ1v) is 7.54. The molecule has 0 N–H and O–H groups in total. The fourth-order valence-corrected chi connectivity index (χ4v) is 5.20. The van der Waals surface area contributed by atoms with Crippen LogP contribution in [0.15, 0.2) is 10.5 Å². The second-order valence-corrected chi connectivity index (χ2v) is 7.16. The van der Waals surface area contributed by atoms with E-state index >= 15 is 0 Å². The molecule has 0 amide bonds. The predicted molar refractivity (Wildman–Crippen MR) is 71.9 cm³/mol. The van der Waals surface area contributed by atoms with Gasteiger partial charge in [-0.15, -0.1) is 22.9 Å². The van der Waals surface area contributed by atoms with Crippen LogP contribution in [0.1, 0.15) is 41.3 Å². The van der Waals surface area contributed by atoms with Gasteiger partial charge in [0.05, 0.1) is 5.38 Å². The van der Waals surface area contributed by atoms with Gasteiger partial charge >= 0.3 is 0 Å². The highest BCUT2D eigenvalue weighted by Gasteiger charge is 2.32. The Balaban J connectivity index is 2.19. The van der Waals surface area contributed by atoms with Gasteiger partial charge in [-0.05, 0) is 47.2 Å². The van der Waals surface area contributed by atoms with Gasteiger partial charge in [0.25, 0.3) is 0 Å². The van der Waals surface area contributed by atoms with Crippen molar-refractivity contribution in [3.05, 3.63) is 20.3 Å². The molecule has 1 fully saturated rings. The third-order valence-electron chi connectivity index (χ3n) is 3.39. The summed E-state index contributed by atoms with van der Waals surface area (Å²) >= 11 is 12.0. The molecule has 0 radical (unpaired) electrons. The van der Waals surface area contributed by atoms with E-state index < -0.39 is 0 Å². The van der Waals surface area contributed by atoms with Crippen molar-refractivity contribution in [2.24, 2.45) is 11.8 Å². The van der Waals surface area contributed by atoms with Crippen LogP contribution in [0.2, 0.25) is 0 Å². The maximum absolute atomic E-state index is 6.61. The molecule has 0 saturated heterocycles. The highest BCUT2D eigenvalue weighted by Crippen LogP contribution is 2.47. The van der Waals surface area contributed by atoms with Crippen LogP contribution in [0.25, 0.3) is 0 Å². The van der Waals surface area contributed by atoms with Crippen LogP contribution in [0.5, 0.6) is 0 Å². The summed E-state index contributed by atoms with van der Waals surface area (Å²) in [4.78, 5) is 2.67. The standard InChI is InChI=1S/C12H16BrClS/c1-7-4-3-5-9(7)11(14)12-10(13)6-8(2)15-12/h6-7,9,11H,3-5H2,1-2H3. The fraction of sp³-hybridized carbons (Fsp3) is 0.667. The lowest BCUT2D eigenvalue weighted by Gasteiger charge is -2.20. The largest absolute Gasteiger partial charge is 0.143 e. The Morgan fingerprint density at radius 3 is 2.73 bits per heavy atom. The normalized spacial score (nSPS) is 28.3. The Bertz CT molecular complexity index is 347. The molecule has 0 aromatic carbocycles. The molecule has 0 nitrogen and oxygen atoms in total. The van der Waals surface area contributed by atoms with Crippen molar-refractivity contribution in [1.82, 2.24) is 0 Å². The number of hydrogen-bond donors (Lipinski definition) is 0. The van der Waals surface area contributed by atoms with Crippen molar-refractivity contribution < 1.29 is 0 Å². The van der Waals surface area contributed by atoms with Gasteiger partial charge in [0, 0.05) is 14.2 Å². The molecule has 1 saturated carbocycles. The van der Waals surface area contributed by atoms with E-state index in [2.05, 4.69) is 35.8 Å². The molecule has 3 heteroatoms. The molecule has 84 valence electrons. The second-order valence-electron chi connectivity index (χ2n) is 4.54.